The van der Waals surface area contributed by atoms with Crippen molar-refractivity contribution in [2.24, 2.45) is 0 Å². The van der Waals surface area contributed by atoms with E-state index in [2.05, 4.69) is 27.1 Å². The van der Waals surface area contributed by atoms with Gasteiger partial charge in [0.15, 0.2) is 0 Å². The van der Waals surface area contributed by atoms with Gasteiger partial charge >= 0.3 is 46.9 Å². The topological polar surface area (TPSA) is 432 Å². The zero-order valence-electron chi connectivity index (χ0n) is 16.9. The molecule has 1 rings (SSSR count). The fourth-order valence-corrected chi connectivity index (χ4v) is 6.14. The van der Waals surface area contributed by atoms with Crippen LogP contribution in [-0.2, 0) is 54.5 Å². The summed E-state index contributed by atoms with van der Waals surface area (Å²) in [6, 6.07) is 0. The number of phosphoric acid groups is 6. The predicted molar refractivity (Wildman–Crippen MR) is 105 cm³/mol. The third kappa shape index (κ3) is 14.7. The fourth-order valence-electron chi connectivity index (χ4n) is 2.79. The van der Waals surface area contributed by atoms with Crippen LogP contribution in [0.1, 0.15) is 0 Å². The summed E-state index contributed by atoms with van der Waals surface area (Å²) in [5, 5.41) is 0. The minimum Gasteiger partial charge on any atom is -0.412 e. The van der Waals surface area contributed by atoms with Crippen molar-refractivity contribution in [3.05, 3.63) is 0 Å². The molecule has 1 aliphatic rings. The van der Waals surface area contributed by atoms with E-state index in [9.17, 15) is 27.4 Å². The first-order chi connectivity index (χ1) is 15.6. The molecular formula is C6H20O25P6. The van der Waals surface area contributed by atoms with Crippen molar-refractivity contribution in [1.29, 1.82) is 0 Å². The Kier molecular flexibility index (Phi) is 12.9. The van der Waals surface area contributed by atoms with Gasteiger partial charge in [-0.2, -0.15) is 0 Å². The predicted octanol–water partition coefficient (Wildman–Crippen LogP) is -3.96. The summed E-state index contributed by atoms with van der Waals surface area (Å²) in [5.41, 5.74) is 0. The molecule has 25 nitrogen and oxygen atoms in total. The molecule has 0 aliphatic heterocycles. The third-order valence-corrected chi connectivity index (χ3v) is 6.61. The Labute approximate surface area is 203 Å². The van der Waals surface area contributed by atoms with Gasteiger partial charge in [-0.3, -0.25) is 27.1 Å². The molecule has 1 aliphatic carbocycles. The summed E-state index contributed by atoms with van der Waals surface area (Å²) >= 11 is 0. The highest BCUT2D eigenvalue weighted by molar-refractivity contribution is 7.47. The molecule has 0 aromatic carbocycles. The number of rotatable bonds is 12. The third-order valence-electron chi connectivity index (χ3n) is 3.50. The average molecular weight is 678 g/mol. The van der Waals surface area contributed by atoms with Gasteiger partial charge in [-0.25, -0.2) is 27.4 Å². The molecule has 0 amide bonds. The van der Waals surface area contributed by atoms with E-state index in [1.807, 2.05) is 0 Å². The highest BCUT2D eigenvalue weighted by Crippen LogP contribution is 2.57. The normalized spacial score (nSPS) is 28.5. The maximum atomic E-state index is 11.4. The van der Waals surface area contributed by atoms with Crippen LogP contribution >= 0.6 is 46.9 Å². The molecule has 1 saturated carbocycles. The van der Waals surface area contributed by atoms with Crippen LogP contribution in [0.4, 0.5) is 0 Å². The molecular weight excluding hydrogens is 658 g/mol. The first-order valence-electron chi connectivity index (χ1n) is 8.01. The largest absolute Gasteiger partial charge is 0.470 e. The minimum absolute atomic E-state index is 0. The van der Waals surface area contributed by atoms with Crippen molar-refractivity contribution in [3.63, 3.8) is 0 Å². The Hall–Kier alpha value is 0.620. The number of hydrogen-bond donors (Lipinski definition) is 12. The van der Waals surface area contributed by atoms with Crippen LogP contribution in [0.15, 0.2) is 0 Å². The average Bonchev–Trinajstić information content (AvgIpc) is 2.51. The van der Waals surface area contributed by atoms with Gasteiger partial charge in [0.05, 0.1) is 0 Å². The SMILES string of the molecule is O.O=P(O)(O)OC1C(OP(=O)(O)O)C(OP(=O)(O)O)C(OP(=O)(O)O)C(OP(=O)(O)O)C1OP(=O)(O)O. The lowest BCUT2D eigenvalue weighted by Crippen LogP contribution is -2.66. The van der Waals surface area contributed by atoms with Crippen molar-refractivity contribution in [3.8, 4) is 0 Å². The summed E-state index contributed by atoms with van der Waals surface area (Å²) < 4.78 is 93.1. The Bertz CT molecular complexity index is 818. The van der Waals surface area contributed by atoms with E-state index < -0.39 is 83.6 Å². The van der Waals surface area contributed by atoms with Crippen LogP contribution in [0.2, 0.25) is 0 Å². The van der Waals surface area contributed by atoms with Crippen molar-refractivity contribution in [2.45, 2.75) is 36.6 Å². The van der Waals surface area contributed by atoms with Crippen molar-refractivity contribution < 1.29 is 119 Å². The van der Waals surface area contributed by atoms with Crippen LogP contribution in [0.3, 0.4) is 0 Å². The molecule has 0 heterocycles. The Morgan fingerprint density at radius 3 is 0.432 bits per heavy atom. The van der Waals surface area contributed by atoms with Crippen LogP contribution in [0, 0.1) is 0 Å². The summed E-state index contributed by atoms with van der Waals surface area (Å²) in [6.07, 6.45) is -18.9. The van der Waals surface area contributed by atoms with E-state index in [1.165, 1.54) is 0 Å². The molecule has 0 saturated heterocycles. The van der Waals surface area contributed by atoms with E-state index in [4.69, 9.17) is 58.7 Å². The molecule has 14 N–H and O–H groups in total. The van der Waals surface area contributed by atoms with Gasteiger partial charge in [0.25, 0.3) is 0 Å². The van der Waals surface area contributed by atoms with Gasteiger partial charge in [-0.05, 0) is 0 Å². The van der Waals surface area contributed by atoms with E-state index in [1.54, 1.807) is 0 Å². The van der Waals surface area contributed by atoms with Gasteiger partial charge in [0.2, 0.25) is 0 Å². The van der Waals surface area contributed by atoms with E-state index in [0.29, 0.717) is 0 Å². The fraction of sp³-hybridized carbons (Fsp3) is 1.00. The molecule has 37 heavy (non-hydrogen) atoms. The Morgan fingerprint density at radius 1 is 0.297 bits per heavy atom. The zero-order valence-corrected chi connectivity index (χ0v) is 22.3. The number of hydrogen-bond acceptors (Lipinski definition) is 12. The van der Waals surface area contributed by atoms with Gasteiger partial charge in [0, 0.05) is 0 Å². The van der Waals surface area contributed by atoms with Gasteiger partial charge in [-0.15, -0.1) is 0 Å². The van der Waals surface area contributed by atoms with Crippen LogP contribution < -0.4 is 0 Å². The number of phosphoric ester groups is 6. The molecule has 0 aromatic rings. The lowest BCUT2D eigenvalue weighted by Gasteiger charge is -2.48. The lowest BCUT2D eigenvalue weighted by molar-refractivity contribution is -0.202. The first-order valence-corrected chi connectivity index (χ1v) is 17.2. The van der Waals surface area contributed by atoms with Gasteiger partial charge < -0.3 is 64.2 Å². The molecule has 0 unspecified atom stereocenters. The van der Waals surface area contributed by atoms with Crippen LogP contribution in [-0.4, -0.2) is 101 Å². The summed E-state index contributed by atoms with van der Waals surface area (Å²) in [6.45, 7) is 0. The van der Waals surface area contributed by atoms with Gasteiger partial charge in [-0.1, -0.05) is 0 Å². The molecule has 31 heteroatoms. The minimum atomic E-state index is -6.02. The van der Waals surface area contributed by atoms with Crippen molar-refractivity contribution in [2.75, 3.05) is 0 Å². The highest BCUT2D eigenvalue weighted by atomic mass is 31.2. The van der Waals surface area contributed by atoms with E-state index in [0.717, 1.165) is 0 Å². The quantitative estimate of drug-likeness (QED) is 0.0876. The second-order valence-electron chi connectivity index (χ2n) is 6.36. The maximum Gasteiger partial charge on any atom is 0.470 e. The second kappa shape index (κ2) is 12.6. The zero-order chi connectivity index (χ0) is 28.7. The Morgan fingerprint density at radius 2 is 0.378 bits per heavy atom. The van der Waals surface area contributed by atoms with Crippen molar-refractivity contribution in [1.82, 2.24) is 0 Å². The Balaban J connectivity index is 0.0000130. The molecule has 0 aromatic heterocycles. The maximum absolute atomic E-state index is 11.4. The summed E-state index contributed by atoms with van der Waals surface area (Å²) in [7, 11) is -36.1. The lowest BCUT2D eigenvalue weighted by atomic mass is 9.85. The standard InChI is InChI=1S/C6H18O24P6.H2O/c7-31(8,9)25-1-2(26-32(10,11)12)4(28-34(16,17)18)6(30-36(22,23)24)5(29-35(19,20)21)3(1)27-33(13,14)15;/h1-6H,(H2,7,8,9)(H2,10,11,12)(H2,13,14,15)(H2,16,17,18)(H2,19,20,21)(H2,22,23,24);1H2. The van der Waals surface area contributed by atoms with E-state index in [-0.39, 0.29) is 5.48 Å². The van der Waals surface area contributed by atoms with Crippen LogP contribution in [0.5, 0.6) is 0 Å². The summed E-state index contributed by atoms with van der Waals surface area (Å²) in [4.78, 5) is 110. The van der Waals surface area contributed by atoms with Crippen LogP contribution in [0.25, 0.3) is 0 Å². The second-order valence-corrected chi connectivity index (χ2v) is 13.5. The van der Waals surface area contributed by atoms with E-state index >= 15 is 0 Å². The van der Waals surface area contributed by atoms with Gasteiger partial charge in [0.1, 0.15) is 36.6 Å². The molecule has 0 spiro atoms. The molecule has 1 fully saturated rings. The molecule has 0 bridgehead atoms. The molecule has 224 valence electrons. The van der Waals surface area contributed by atoms with Crippen molar-refractivity contribution >= 4 is 46.9 Å². The highest BCUT2D eigenvalue weighted by Gasteiger charge is 2.62. The monoisotopic (exact) mass is 678 g/mol. The molecule has 0 atom stereocenters. The smallest absolute Gasteiger partial charge is 0.412 e. The summed E-state index contributed by atoms with van der Waals surface area (Å²) in [5.74, 6) is 0. The first kappa shape index (κ1) is 37.6. The molecule has 0 radical (unpaired) electrons.